The Morgan fingerprint density at radius 3 is 2.94 bits per heavy atom. The van der Waals surface area contributed by atoms with Gasteiger partial charge in [0.15, 0.2) is 0 Å². The fourth-order valence-electron chi connectivity index (χ4n) is 2.58. The molecule has 1 atom stereocenters. The number of rotatable bonds is 4. The Labute approximate surface area is 115 Å². The Bertz CT molecular complexity index is 359. The zero-order valence-electron chi connectivity index (χ0n) is 11.9. The van der Waals surface area contributed by atoms with Crippen LogP contribution in [0.5, 0.6) is 0 Å². The van der Waals surface area contributed by atoms with Gasteiger partial charge in [0.05, 0.1) is 6.54 Å². The van der Waals surface area contributed by atoms with Crippen LogP contribution in [0.3, 0.4) is 0 Å². The summed E-state index contributed by atoms with van der Waals surface area (Å²) in [4.78, 5) is 7.00. The summed E-state index contributed by atoms with van der Waals surface area (Å²) in [5, 5.41) is 6.99. The molecule has 0 radical (unpaired) electrons. The minimum absolute atomic E-state index is 0.221. The van der Waals surface area contributed by atoms with E-state index in [-0.39, 0.29) is 5.54 Å². The summed E-state index contributed by atoms with van der Waals surface area (Å²) >= 11 is 1.76. The fourth-order valence-corrected chi connectivity index (χ4v) is 3.21. The molecule has 18 heavy (non-hydrogen) atoms. The third-order valence-corrected chi connectivity index (χ3v) is 4.45. The number of hydrogen-bond donors (Lipinski definition) is 1. The van der Waals surface area contributed by atoms with Crippen molar-refractivity contribution in [3.63, 3.8) is 0 Å². The lowest BCUT2D eigenvalue weighted by molar-refractivity contribution is 0.0535. The second-order valence-corrected chi connectivity index (χ2v) is 7.31. The van der Waals surface area contributed by atoms with Gasteiger partial charge in [-0.2, -0.15) is 0 Å². The van der Waals surface area contributed by atoms with Crippen LogP contribution in [0.4, 0.5) is 0 Å². The molecule has 3 nitrogen and oxygen atoms in total. The number of nitrogens with zero attached hydrogens (tertiary/aromatic N) is 2. The van der Waals surface area contributed by atoms with Gasteiger partial charge in [-0.15, -0.1) is 11.3 Å². The standard InChI is InChI=1S/C14H25N3S/c1-11(2)7-12-8-17(14(3,4)10-16-12)9-13-15-5-6-18-13/h5-6,11-12,16H,7-10H2,1-4H3. The van der Waals surface area contributed by atoms with Crippen molar-refractivity contribution in [2.45, 2.75) is 52.2 Å². The molecule has 0 aromatic carbocycles. The maximum atomic E-state index is 4.42. The van der Waals surface area contributed by atoms with Crippen LogP contribution in [-0.4, -0.2) is 34.6 Å². The number of hydrogen-bond acceptors (Lipinski definition) is 4. The number of aromatic nitrogens is 1. The minimum atomic E-state index is 0.221. The van der Waals surface area contributed by atoms with E-state index in [2.05, 4.69) is 48.3 Å². The second kappa shape index (κ2) is 5.68. The highest BCUT2D eigenvalue weighted by Crippen LogP contribution is 2.24. The maximum Gasteiger partial charge on any atom is 0.107 e. The van der Waals surface area contributed by atoms with Gasteiger partial charge >= 0.3 is 0 Å². The van der Waals surface area contributed by atoms with Crippen molar-refractivity contribution in [2.24, 2.45) is 5.92 Å². The van der Waals surface area contributed by atoms with Crippen LogP contribution in [0, 0.1) is 5.92 Å². The molecular weight excluding hydrogens is 242 g/mol. The average molecular weight is 267 g/mol. The summed E-state index contributed by atoms with van der Waals surface area (Å²) in [6.07, 6.45) is 3.16. The smallest absolute Gasteiger partial charge is 0.107 e. The van der Waals surface area contributed by atoms with Gasteiger partial charge in [0, 0.05) is 36.2 Å². The van der Waals surface area contributed by atoms with Crippen molar-refractivity contribution < 1.29 is 0 Å². The number of nitrogens with one attached hydrogen (secondary N) is 1. The van der Waals surface area contributed by atoms with Crippen molar-refractivity contribution >= 4 is 11.3 Å². The first kappa shape index (κ1) is 14.0. The predicted molar refractivity (Wildman–Crippen MR) is 77.8 cm³/mol. The molecule has 1 aromatic rings. The molecule has 2 heterocycles. The molecule has 1 N–H and O–H groups in total. The molecule has 0 bridgehead atoms. The van der Waals surface area contributed by atoms with Gasteiger partial charge in [-0.05, 0) is 26.2 Å². The third kappa shape index (κ3) is 3.53. The Morgan fingerprint density at radius 2 is 2.33 bits per heavy atom. The maximum absolute atomic E-state index is 4.42. The summed E-state index contributed by atoms with van der Waals surface area (Å²) in [7, 11) is 0. The van der Waals surface area contributed by atoms with E-state index in [9.17, 15) is 0 Å². The summed E-state index contributed by atoms with van der Waals surface area (Å²) in [5.74, 6) is 0.755. The van der Waals surface area contributed by atoms with Gasteiger partial charge in [-0.25, -0.2) is 4.98 Å². The van der Waals surface area contributed by atoms with Gasteiger partial charge in [-0.3, -0.25) is 4.90 Å². The van der Waals surface area contributed by atoms with E-state index in [0.717, 1.165) is 25.6 Å². The SMILES string of the molecule is CC(C)CC1CN(Cc2nccs2)C(C)(C)CN1. The van der Waals surface area contributed by atoms with E-state index in [1.807, 2.05) is 6.20 Å². The lowest BCUT2D eigenvalue weighted by Gasteiger charge is -2.46. The molecule has 1 fully saturated rings. The van der Waals surface area contributed by atoms with Crippen LogP contribution in [0.25, 0.3) is 0 Å². The summed E-state index contributed by atoms with van der Waals surface area (Å²) in [6, 6.07) is 0.623. The van der Waals surface area contributed by atoms with E-state index in [4.69, 9.17) is 0 Å². The first-order chi connectivity index (χ1) is 8.47. The largest absolute Gasteiger partial charge is 0.311 e. The molecule has 1 aliphatic heterocycles. The van der Waals surface area contributed by atoms with Gasteiger partial charge in [0.1, 0.15) is 5.01 Å². The topological polar surface area (TPSA) is 28.2 Å². The fraction of sp³-hybridized carbons (Fsp3) is 0.786. The monoisotopic (exact) mass is 267 g/mol. The minimum Gasteiger partial charge on any atom is -0.311 e. The van der Waals surface area contributed by atoms with Crippen LogP contribution < -0.4 is 5.32 Å². The first-order valence-electron chi connectivity index (χ1n) is 6.84. The summed E-state index contributed by atoms with van der Waals surface area (Å²) in [5.41, 5.74) is 0.221. The second-order valence-electron chi connectivity index (χ2n) is 6.33. The molecule has 1 aromatic heterocycles. The summed E-state index contributed by atoms with van der Waals surface area (Å²) < 4.78 is 0. The molecule has 1 unspecified atom stereocenters. The highest BCUT2D eigenvalue weighted by atomic mass is 32.1. The lowest BCUT2D eigenvalue weighted by Crippen LogP contribution is -2.61. The molecule has 1 saturated heterocycles. The average Bonchev–Trinajstić information content (AvgIpc) is 2.75. The zero-order chi connectivity index (χ0) is 13.2. The van der Waals surface area contributed by atoms with Gasteiger partial charge < -0.3 is 5.32 Å². The van der Waals surface area contributed by atoms with Crippen molar-refractivity contribution in [3.05, 3.63) is 16.6 Å². The predicted octanol–water partition coefficient (Wildman–Crippen LogP) is 2.74. The van der Waals surface area contributed by atoms with Crippen LogP contribution in [0.15, 0.2) is 11.6 Å². The van der Waals surface area contributed by atoms with Crippen LogP contribution in [0.1, 0.15) is 39.1 Å². The molecule has 4 heteroatoms. The Hall–Kier alpha value is -0.450. The molecule has 0 saturated carbocycles. The molecule has 0 aliphatic carbocycles. The molecular formula is C14H25N3S. The van der Waals surface area contributed by atoms with Crippen molar-refractivity contribution in [3.8, 4) is 0 Å². The van der Waals surface area contributed by atoms with Crippen LogP contribution in [-0.2, 0) is 6.54 Å². The zero-order valence-corrected chi connectivity index (χ0v) is 12.8. The van der Waals surface area contributed by atoms with Crippen LogP contribution in [0.2, 0.25) is 0 Å². The van der Waals surface area contributed by atoms with Gasteiger partial charge in [0.25, 0.3) is 0 Å². The molecule has 2 rings (SSSR count). The van der Waals surface area contributed by atoms with Gasteiger partial charge in [0.2, 0.25) is 0 Å². The molecule has 0 amide bonds. The van der Waals surface area contributed by atoms with E-state index in [0.29, 0.717) is 6.04 Å². The molecule has 0 spiro atoms. The first-order valence-corrected chi connectivity index (χ1v) is 7.72. The van der Waals surface area contributed by atoms with E-state index in [1.54, 1.807) is 11.3 Å². The molecule has 102 valence electrons. The number of thiazole rings is 1. The van der Waals surface area contributed by atoms with E-state index in [1.165, 1.54) is 11.4 Å². The van der Waals surface area contributed by atoms with Gasteiger partial charge in [-0.1, -0.05) is 13.8 Å². The highest BCUT2D eigenvalue weighted by molar-refractivity contribution is 7.09. The molecule has 1 aliphatic rings. The quantitative estimate of drug-likeness (QED) is 0.909. The Morgan fingerprint density at radius 1 is 1.56 bits per heavy atom. The highest BCUT2D eigenvalue weighted by Gasteiger charge is 2.34. The number of piperazine rings is 1. The summed E-state index contributed by atoms with van der Waals surface area (Å²) in [6.45, 7) is 12.4. The Kier molecular flexibility index (Phi) is 4.41. The van der Waals surface area contributed by atoms with E-state index >= 15 is 0 Å². The Balaban J connectivity index is 1.99. The lowest BCUT2D eigenvalue weighted by atomic mass is 9.94. The normalized spacial score (nSPS) is 24.6. The van der Waals surface area contributed by atoms with Crippen LogP contribution >= 0.6 is 11.3 Å². The van der Waals surface area contributed by atoms with Crippen molar-refractivity contribution in [1.82, 2.24) is 15.2 Å². The van der Waals surface area contributed by atoms with E-state index < -0.39 is 0 Å². The van der Waals surface area contributed by atoms with Crippen molar-refractivity contribution in [2.75, 3.05) is 13.1 Å². The third-order valence-electron chi connectivity index (χ3n) is 3.69. The van der Waals surface area contributed by atoms with Crippen molar-refractivity contribution in [1.29, 1.82) is 0 Å².